The third-order valence-electron chi connectivity index (χ3n) is 6.88. The van der Waals surface area contributed by atoms with E-state index in [-0.39, 0.29) is 44.2 Å². The van der Waals surface area contributed by atoms with Crippen LogP contribution in [0.25, 0.3) is 11.0 Å². The van der Waals surface area contributed by atoms with Gasteiger partial charge in [0.15, 0.2) is 0 Å². The van der Waals surface area contributed by atoms with Crippen molar-refractivity contribution in [2.75, 3.05) is 30.5 Å². The van der Waals surface area contributed by atoms with E-state index in [1.165, 1.54) is 12.0 Å². The quantitative estimate of drug-likeness (QED) is 0.129. The number of aryl methyl sites for hydroxylation is 1. The van der Waals surface area contributed by atoms with Crippen molar-refractivity contribution >= 4 is 52.1 Å². The minimum Gasteiger partial charge on any atom is -0.469 e. The van der Waals surface area contributed by atoms with Crippen molar-refractivity contribution in [3.8, 4) is 0 Å². The van der Waals surface area contributed by atoms with Gasteiger partial charge in [0.1, 0.15) is 17.5 Å². The first kappa shape index (κ1) is 32.3. The SMILES string of the molecule is CCOC(=O)CCN(C(=O)c1ccc2c(c1)nc(CNc1ccc(/C(N)=N/C(=O)CCC(=O)OC)cc1)n2C)c1ccccn1. The Bertz CT molecular complexity index is 1700. The van der Waals surface area contributed by atoms with E-state index in [1.54, 1.807) is 67.7 Å². The standard InChI is InChI=1S/C32H35N7O6/c1-4-45-30(42)16-18-39(26-7-5-6-17-34-26)32(43)22-10-13-25-24(19-22)36-27(38(25)2)20-35-23-11-8-21(9-12-23)31(33)37-28(40)14-15-29(41)44-3/h5-13,17,19,35H,4,14-16,18,20H2,1-3H3,(H2,33,37,40). The molecule has 0 bridgehead atoms. The Morgan fingerprint density at radius 2 is 1.73 bits per heavy atom. The molecule has 2 aromatic heterocycles. The van der Waals surface area contributed by atoms with Crippen molar-refractivity contribution < 1.29 is 28.7 Å². The lowest BCUT2D eigenvalue weighted by Gasteiger charge is -2.21. The van der Waals surface area contributed by atoms with Crippen LogP contribution in [0.1, 0.15) is 47.9 Å². The number of benzene rings is 2. The van der Waals surface area contributed by atoms with Crippen molar-refractivity contribution in [2.24, 2.45) is 17.8 Å². The van der Waals surface area contributed by atoms with Crippen LogP contribution in [-0.2, 0) is 37.4 Å². The number of carbonyl (C=O) groups excluding carboxylic acids is 4. The van der Waals surface area contributed by atoms with Gasteiger partial charge in [-0.2, -0.15) is 4.99 Å². The molecule has 0 aliphatic rings. The van der Waals surface area contributed by atoms with E-state index in [2.05, 4.69) is 20.0 Å². The Hall–Kier alpha value is -5.59. The van der Waals surface area contributed by atoms with Crippen LogP contribution in [0, 0.1) is 0 Å². The summed E-state index contributed by atoms with van der Waals surface area (Å²) >= 11 is 0. The molecule has 0 saturated carbocycles. The number of nitrogens with one attached hydrogen (secondary N) is 1. The van der Waals surface area contributed by atoms with Crippen LogP contribution in [-0.4, -0.2) is 64.4 Å². The Kier molecular flexibility index (Phi) is 10.9. The highest BCUT2D eigenvalue weighted by atomic mass is 16.5. The molecule has 3 N–H and O–H groups in total. The predicted molar refractivity (Wildman–Crippen MR) is 169 cm³/mol. The summed E-state index contributed by atoms with van der Waals surface area (Å²) in [5.74, 6) is -0.470. The highest BCUT2D eigenvalue weighted by molar-refractivity contribution is 6.07. The van der Waals surface area contributed by atoms with Crippen LogP contribution in [0.2, 0.25) is 0 Å². The molecule has 0 fully saturated rings. The van der Waals surface area contributed by atoms with E-state index in [9.17, 15) is 19.2 Å². The number of hydrogen-bond acceptors (Lipinski definition) is 9. The van der Waals surface area contributed by atoms with E-state index in [1.807, 2.05) is 17.7 Å². The molecule has 0 radical (unpaired) electrons. The third kappa shape index (κ3) is 8.50. The second-order valence-electron chi connectivity index (χ2n) is 9.89. The fourth-order valence-corrected chi connectivity index (χ4v) is 4.47. The van der Waals surface area contributed by atoms with Gasteiger partial charge in [-0.15, -0.1) is 0 Å². The summed E-state index contributed by atoms with van der Waals surface area (Å²) in [7, 11) is 3.15. The molecule has 2 aromatic carbocycles. The molecule has 0 saturated heterocycles. The van der Waals surface area contributed by atoms with Crippen molar-refractivity contribution in [1.82, 2.24) is 14.5 Å². The number of fused-ring (bicyclic) bond motifs is 1. The van der Waals surface area contributed by atoms with Gasteiger partial charge in [0, 0.05) is 43.0 Å². The van der Waals surface area contributed by atoms with Gasteiger partial charge in [-0.1, -0.05) is 6.07 Å². The average molecular weight is 614 g/mol. The summed E-state index contributed by atoms with van der Waals surface area (Å²) in [6, 6.07) is 17.6. The lowest BCUT2D eigenvalue weighted by Crippen LogP contribution is -2.34. The number of nitrogens with zero attached hydrogens (tertiary/aromatic N) is 5. The molecule has 2 heterocycles. The lowest BCUT2D eigenvalue weighted by molar-refractivity contribution is -0.143. The first-order chi connectivity index (χ1) is 21.7. The second-order valence-corrected chi connectivity index (χ2v) is 9.89. The molecule has 0 spiro atoms. The molecule has 13 nitrogen and oxygen atoms in total. The first-order valence-corrected chi connectivity index (χ1v) is 14.3. The highest BCUT2D eigenvalue weighted by Gasteiger charge is 2.21. The summed E-state index contributed by atoms with van der Waals surface area (Å²) in [5.41, 5.74) is 9.22. The van der Waals surface area contributed by atoms with Gasteiger partial charge in [0.2, 0.25) is 5.91 Å². The van der Waals surface area contributed by atoms with Crippen molar-refractivity contribution in [3.05, 3.63) is 83.8 Å². The second kappa shape index (κ2) is 15.2. The normalized spacial score (nSPS) is 11.2. The van der Waals surface area contributed by atoms with Crippen LogP contribution in [0.3, 0.4) is 0 Å². The van der Waals surface area contributed by atoms with E-state index in [4.69, 9.17) is 15.5 Å². The van der Waals surface area contributed by atoms with E-state index < -0.39 is 17.8 Å². The number of carbonyl (C=O) groups is 4. The summed E-state index contributed by atoms with van der Waals surface area (Å²) in [6.45, 7) is 2.51. The van der Waals surface area contributed by atoms with Crippen LogP contribution >= 0.6 is 0 Å². The minimum atomic E-state index is -0.507. The Balaban J connectivity index is 1.44. The number of methoxy groups -OCH3 is 1. The zero-order valence-electron chi connectivity index (χ0n) is 25.4. The number of amides is 2. The fourth-order valence-electron chi connectivity index (χ4n) is 4.47. The third-order valence-corrected chi connectivity index (χ3v) is 6.88. The number of ether oxygens (including phenoxy) is 2. The topological polar surface area (TPSA) is 171 Å². The zero-order valence-corrected chi connectivity index (χ0v) is 25.4. The number of rotatable bonds is 13. The molecule has 0 aliphatic heterocycles. The van der Waals surface area contributed by atoms with Gasteiger partial charge in [0.05, 0.1) is 44.1 Å². The molecular weight excluding hydrogens is 578 g/mol. The van der Waals surface area contributed by atoms with Gasteiger partial charge in [-0.25, -0.2) is 9.97 Å². The van der Waals surface area contributed by atoms with E-state index in [0.717, 1.165) is 17.0 Å². The Labute approximate surface area is 260 Å². The number of nitrogens with two attached hydrogens (primary N) is 1. The summed E-state index contributed by atoms with van der Waals surface area (Å²) in [6.07, 6.45) is 1.48. The monoisotopic (exact) mass is 613 g/mol. The van der Waals surface area contributed by atoms with Crippen LogP contribution in [0.4, 0.5) is 11.5 Å². The smallest absolute Gasteiger partial charge is 0.307 e. The van der Waals surface area contributed by atoms with Crippen molar-refractivity contribution in [3.63, 3.8) is 0 Å². The first-order valence-electron chi connectivity index (χ1n) is 14.3. The van der Waals surface area contributed by atoms with Crippen LogP contribution < -0.4 is 16.0 Å². The minimum absolute atomic E-state index is 0.0351. The number of pyridine rings is 1. The Morgan fingerprint density at radius 3 is 2.42 bits per heavy atom. The summed E-state index contributed by atoms with van der Waals surface area (Å²) in [4.78, 5) is 63.2. The fraction of sp³-hybridized carbons (Fsp3) is 0.281. The molecule has 2 amide bonds. The highest BCUT2D eigenvalue weighted by Crippen LogP contribution is 2.21. The Morgan fingerprint density at radius 1 is 0.978 bits per heavy atom. The van der Waals surface area contributed by atoms with E-state index in [0.29, 0.717) is 29.0 Å². The predicted octanol–water partition coefficient (Wildman–Crippen LogP) is 3.37. The molecule has 0 atom stereocenters. The number of esters is 2. The molecule has 13 heteroatoms. The van der Waals surface area contributed by atoms with E-state index >= 15 is 0 Å². The maximum Gasteiger partial charge on any atom is 0.307 e. The van der Waals surface area contributed by atoms with Crippen LogP contribution in [0.5, 0.6) is 0 Å². The number of imidazole rings is 1. The maximum absolute atomic E-state index is 13.6. The molecule has 4 rings (SSSR count). The number of aliphatic imine (C=N–C) groups is 1. The molecule has 0 unspecified atom stereocenters. The largest absolute Gasteiger partial charge is 0.469 e. The molecule has 0 aliphatic carbocycles. The summed E-state index contributed by atoms with van der Waals surface area (Å²) in [5, 5.41) is 3.31. The molecule has 4 aromatic rings. The van der Waals surface area contributed by atoms with Gasteiger partial charge < -0.3 is 25.1 Å². The van der Waals surface area contributed by atoms with Crippen molar-refractivity contribution in [2.45, 2.75) is 32.7 Å². The maximum atomic E-state index is 13.6. The zero-order chi connectivity index (χ0) is 32.3. The van der Waals surface area contributed by atoms with Gasteiger partial charge >= 0.3 is 11.9 Å². The number of amidine groups is 1. The van der Waals surface area contributed by atoms with Gasteiger partial charge in [-0.3, -0.25) is 24.1 Å². The average Bonchev–Trinajstić information content (AvgIpc) is 3.37. The lowest BCUT2D eigenvalue weighted by atomic mass is 10.1. The van der Waals surface area contributed by atoms with Crippen LogP contribution in [0.15, 0.2) is 71.9 Å². The molecule has 234 valence electrons. The van der Waals surface area contributed by atoms with Crippen molar-refractivity contribution in [1.29, 1.82) is 0 Å². The number of anilines is 2. The number of aromatic nitrogens is 3. The summed E-state index contributed by atoms with van der Waals surface area (Å²) < 4.78 is 11.5. The van der Waals surface area contributed by atoms with Gasteiger partial charge in [0.25, 0.3) is 5.91 Å². The number of hydrogen-bond donors (Lipinski definition) is 2. The molecular formula is C32H35N7O6. The molecule has 45 heavy (non-hydrogen) atoms. The van der Waals surface area contributed by atoms with Gasteiger partial charge in [-0.05, 0) is 61.5 Å².